The summed E-state index contributed by atoms with van der Waals surface area (Å²) in [6.45, 7) is 8.85. The van der Waals surface area contributed by atoms with Crippen LogP contribution in [0.2, 0.25) is 0 Å². The molecule has 1 aliphatic heterocycles. The molecule has 0 N–H and O–H groups in total. The van der Waals surface area contributed by atoms with Gasteiger partial charge < -0.3 is 9.80 Å². The fraction of sp³-hybridized carbons (Fsp3) is 0.375. The average Bonchev–Trinajstić information content (AvgIpc) is 2.78. The largest absolute Gasteiger partial charge is 0.352 e. The predicted molar refractivity (Wildman–Crippen MR) is 121 cm³/mol. The lowest BCUT2D eigenvalue weighted by Crippen LogP contribution is -2.49. The Morgan fingerprint density at radius 1 is 0.933 bits per heavy atom. The average molecular weight is 404 g/mol. The summed E-state index contributed by atoms with van der Waals surface area (Å²) >= 11 is 0. The Morgan fingerprint density at radius 2 is 1.57 bits per heavy atom. The maximum atomic E-state index is 13.2. The molecular formula is C24H29N5O. The number of aromatic nitrogens is 2. The molecule has 6 heteroatoms. The third-order valence-corrected chi connectivity index (χ3v) is 5.82. The van der Waals surface area contributed by atoms with Crippen LogP contribution in [0.15, 0.2) is 54.6 Å². The monoisotopic (exact) mass is 403 g/mol. The summed E-state index contributed by atoms with van der Waals surface area (Å²) in [7, 11) is 1.81. The van der Waals surface area contributed by atoms with Crippen LogP contribution in [0.25, 0.3) is 10.8 Å². The number of carbonyl (C=O) groups excluding carboxylic acids is 1. The molecule has 1 amide bonds. The van der Waals surface area contributed by atoms with Crippen molar-refractivity contribution in [1.29, 1.82) is 0 Å². The summed E-state index contributed by atoms with van der Waals surface area (Å²) in [5, 5.41) is 10.8. The van der Waals surface area contributed by atoms with Crippen LogP contribution in [0.5, 0.6) is 0 Å². The van der Waals surface area contributed by atoms with E-state index in [-0.39, 0.29) is 5.91 Å². The third-order valence-electron chi connectivity index (χ3n) is 5.82. The smallest absolute Gasteiger partial charge is 0.275 e. The topological polar surface area (TPSA) is 52.6 Å². The molecule has 0 spiro atoms. The van der Waals surface area contributed by atoms with E-state index in [9.17, 15) is 4.79 Å². The van der Waals surface area contributed by atoms with Gasteiger partial charge in [-0.2, -0.15) is 0 Å². The molecule has 1 saturated heterocycles. The van der Waals surface area contributed by atoms with Crippen molar-refractivity contribution in [1.82, 2.24) is 20.0 Å². The SMILES string of the molecule is CC(C)N1CCN(c2nnc(C(=O)N(C)Cc3ccccc3)c3ccccc23)CC1. The van der Waals surface area contributed by atoms with Gasteiger partial charge in [0.2, 0.25) is 0 Å². The minimum atomic E-state index is -0.112. The number of anilines is 1. The van der Waals surface area contributed by atoms with Crippen molar-refractivity contribution in [2.75, 3.05) is 38.1 Å². The van der Waals surface area contributed by atoms with Crippen LogP contribution in [0.4, 0.5) is 5.82 Å². The molecular weight excluding hydrogens is 374 g/mol. The van der Waals surface area contributed by atoms with E-state index >= 15 is 0 Å². The van der Waals surface area contributed by atoms with Crippen LogP contribution in [-0.2, 0) is 6.54 Å². The van der Waals surface area contributed by atoms with Gasteiger partial charge in [-0.05, 0) is 19.4 Å². The number of nitrogens with zero attached hydrogens (tertiary/aromatic N) is 5. The zero-order chi connectivity index (χ0) is 21.1. The van der Waals surface area contributed by atoms with Crippen LogP contribution in [0.3, 0.4) is 0 Å². The summed E-state index contributed by atoms with van der Waals surface area (Å²) < 4.78 is 0. The van der Waals surface area contributed by atoms with E-state index in [0.717, 1.165) is 48.3 Å². The van der Waals surface area contributed by atoms with E-state index in [2.05, 4.69) is 33.8 Å². The zero-order valence-electron chi connectivity index (χ0n) is 18.0. The second-order valence-corrected chi connectivity index (χ2v) is 8.18. The van der Waals surface area contributed by atoms with Crippen molar-refractivity contribution in [2.45, 2.75) is 26.4 Å². The molecule has 2 heterocycles. The number of amides is 1. The summed E-state index contributed by atoms with van der Waals surface area (Å²) in [6.07, 6.45) is 0. The lowest BCUT2D eigenvalue weighted by molar-refractivity contribution is 0.0780. The van der Waals surface area contributed by atoms with Crippen molar-refractivity contribution in [3.05, 3.63) is 65.9 Å². The quantitative estimate of drug-likeness (QED) is 0.653. The van der Waals surface area contributed by atoms with Crippen molar-refractivity contribution < 1.29 is 4.79 Å². The van der Waals surface area contributed by atoms with Gasteiger partial charge in [0.15, 0.2) is 11.5 Å². The molecule has 1 aromatic heterocycles. The molecule has 0 unspecified atom stereocenters. The van der Waals surface area contributed by atoms with Crippen molar-refractivity contribution >= 4 is 22.5 Å². The molecule has 1 aliphatic rings. The molecule has 0 bridgehead atoms. The van der Waals surface area contributed by atoms with Crippen molar-refractivity contribution in [3.63, 3.8) is 0 Å². The number of benzene rings is 2. The number of hydrogen-bond acceptors (Lipinski definition) is 5. The molecule has 0 atom stereocenters. The highest BCUT2D eigenvalue weighted by atomic mass is 16.2. The standard InChI is InChI=1S/C24H29N5O/c1-18(2)28-13-15-29(16-14-28)23-21-12-8-7-11-20(21)22(25-26-23)24(30)27(3)17-19-9-5-4-6-10-19/h4-12,18H,13-17H2,1-3H3. The molecule has 0 aliphatic carbocycles. The van der Waals surface area contributed by atoms with E-state index < -0.39 is 0 Å². The Morgan fingerprint density at radius 3 is 2.23 bits per heavy atom. The summed E-state index contributed by atoms with van der Waals surface area (Å²) in [5.41, 5.74) is 1.50. The molecule has 156 valence electrons. The fourth-order valence-corrected chi connectivity index (χ4v) is 4.04. The number of hydrogen-bond donors (Lipinski definition) is 0. The van der Waals surface area contributed by atoms with Gasteiger partial charge in [-0.3, -0.25) is 9.69 Å². The minimum Gasteiger partial charge on any atom is -0.352 e. The highest BCUT2D eigenvalue weighted by molar-refractivity contribution is 6.07. The molecule has 0 radical (unpaired) electrons. The lowest BCUT2D eigenvalue weighted by atomic mass is 10.1. The van der Waals surface area contributed by atoms with Gasteiger partial charge in [-0.15, -0.1) is 10.2 Å². The molecule has 3 aromatic rings. The number of rotatable bonds is 5. The van der Waals surface area contributed by atoms with Gasteiger partial charge in [0.05, 0.1) is 0 Å². The van der Waals surface area contributed by atoms with Crippen molar-refractivity contribution in [3.8, 4) is 0 Å². The molecule has 1 fully saturated rings. The second kappa shape index (κ2) is 8.79. The van der Waals surface area contributed by atoms with E-state index in [1.54, 1.807) is 4.90 Å². The maximum absolute atomic E-state index is 13.2. The van der Waals surface area contributed by atoms with Crippen LogP contribution in [0, 0.1) is 0 Å². The summed E-state index contributed by atoms with van der Waals surface area (Å²) in [6, 6.07) is 18.5. The van der Waals surface area contributed by atoms with Gasteiger partial charge >= 0.3 is 0 Å². The first-order chi connectivity index (χ1) is 14.5. The predicted octanol–water partition coefficient (Wildman–Crippen LogP) is 3.43. The van der Waals surface area contributed by atoms with E-state index in [0.29, 0.717) is 18.3 Å². The van der Waals surface area contributed by atoms with E-state index in [4.69, 9.17) is 0 Å². The van der Waals surface area contributed by atoms with Crippen LogP contribution in [-0.4, -0.2) is 65.2 Å². The highest BCUT2D eigenvalue weighted by Gasteiger charge is 2.24. The molecule has 2 aromatic carbocycles. The third kappa shape index (κ3) is 4.14. The summed E-state index contributed by atoms with van der Waals surface area (Å²) in [4.78, 5) is 19.6. The zero-order valence-corrected chi connectivity index (χ0v) is 18.0. The molecule has 30 heavy (non-hydrogen) atoms. The number of carbonyl (C=O) groups is 1. The van der Waals surface area contributed by atoms with Gasteiger partial charge in [-0.25, -0.2) is 0 Å². The first-order valence-corrected chi connectivity index (χ1v) is 10.6. The normalized spacial score (nSPS) is 15.0. The van der Waals surface area contributed by atoms with Gasteiger partial charge in [0.1, 0.15) is 0 Å². The van der Waals surface area contributed by atoms with E-state index in [1.807, 2.05) is 61.6 Å². The van der Waals surface area contributed by atoms with Crippen LogP contribution >= 0.6 is 0 Å². The molecule has 4 rings (SSSR count). The van der Waals surface area contributed by atoms with Gasteiger partial charge in [-0.1, -0.05) is 54.6 Å². The van der Waals surface area contributed by atoms with Crippen LogP contribution in [0.1, 0.15) is 29.9 Å². The first kappa shape index (κ1) is 20.3. The minimum absolute atomic E-state index is 0.112. The number of fused-ring (bicyclic) bond motifs is 1. The van der Waals surface area contributed by atoms with Crippen molar-refractivity contribution in [2.24, 2.45) is 0 Å². The summed E-state index contributed by atoms with van der Waals surface area (Å²) in [5.74, 6) is 0.759. The van der Waals surface area contributed by atoms with Crippen LogP contribution < -0.4 is 4.90 Å². The molecule has 6 nitrogen and oxygen atoms in total. The number of piperazine rings is 1. The first-order valence-electron chi connectivity index (χ1n) is 10.6. The Bertz CT molecular complexity index is 1010. The Labute approximate surface area is 178 Å². The maximum Gasteiger partial charge on any atom is 0.275 e. The Hall–Kier alpha value is -2.99. The Balaban J connectivity index is 1.60. The van der Waals surface area contributed by atoms with E-state index in [1.165, 1.54) is 0 Å². The fourth-order valence-electron chi connectivity index (χ4n) is 4.04. The van der Waals surface area contributed by atoms with Gasteiger partial charge in [0.25, 0.3) is 5.91 Å². The highest BCUT2D eigenvalue weighted by Crippen LogP contribution is 2.27. The van der Waals surface area contributed by atoms with Gasteiger partial charge in [0, 0.05) is 56.6 Å². The molecule has 0 saturated carbocycles. The Kier molecular flexibility index (Phi) is 5.95. The lowest BCUT2D eigenvalue weighted by Gasteiger charge is -2.37. The second-order valence-electron chi connectivity index (χ2n) is 8.18.